The first kappa shape index (κ1) is 24.1. The van der Waals surface area contributed by atoms with Crippen LogP contribution < -0.4 is 10.0 Å². The van der Waals surface area contributed by atoms with E-state index in [-0.39, 0.29) is 29.2 Å². The fourth-order valence-corrected chi connectivity index (χ4v) is 4.53. The quantitative estimate of drug-likeness (QED) is 0.665. The van der Waals surface area contributed by atoms with E-state index in [1.807, 2.05) is 22.9 Å². The standard InChI is InChI=1S/C22H34N4O3S/c1-15(2)20-12-19(24-26(20)22(5,6)7)21(27)23-13-17-8-10-18(11-9-17)14-30(28,29)25-16(3)4/h8-12,15-16,25H,13-14H2,1-7H3,(H,23,27). The first-order valence-electron chi connectivity index (χ1n) is 10.2. The third-order valence-corrected chi connectivity index (χ3v) is 5.99. The molecule has 1 amide bonds. The lowest BCUT2D eigenvalue weighted by Crippen LogP contribution is -2.31. The topological polar surface area (TPSA) is 93.1 Å². The van der Waals surface area contributed by atoms with Crippen LogP contribution >= 0.6 is 0 Å². The Morgan fingerprint density at radius 1 is 1.07 bits per heavy atom. The van der Waals surface area contributed by atoms with Crippen LogP contribution in [0.15, 0.2) is 30.3 Å². The second-order valence-corrected chi connectivity index (χ2v) is 11.0. The molecule has 0 bridgehead atoms. The van der Waals surface area contributed by atoms with Crippen LogP contribution in [0.1, 0.15) is 81.7 Å². The van der Waals surface area contributed by atoms with Gasteiger partial charge in [0, 0.05) is 18.3 Å². The van der Waals surface area contributed by atoms with Crippen LogP contribution in [0.3, 0.4) is 0 Å². The first-order chi connectivity index (χ1) is 13.8. The van der Waals surface area contributed by atoms with Gasteiger partial charge in [-0.3, -0.25) is 9.48 Å². The van der Waals surface area contributed by atoms with Crippen molar-refractivity contribution in [1.82, 2.24) is 19.8 Å². The average Bonchev–Trinajstić information content (AvgIpc) is 3.05. The number of nitrogens with zero attached hydrogens (tertiary/aromatic N) is 2. The van der Waals surface area contributed by atoms with Crippen LogP contribution in [0.2, 0.25) is 0 Å². The highest BCUT2D eigenvalue weighted by atomic mass is 32.2. The van der Waals surface area contributed by atoms with Crippen LogP contribution in [0, 0.1) is 0 Å². The largest absolute Gasteiger partial charge is 0.347 e. The molecule has 166 valence electrons. The molecule has 0 saturated heterocycles. The van der Waals surface area contributed by atoms with Gasteiger partial charge in [-0.25, -0.2) is 13.1 Å². The van der Waals surface area contributed by atoms with Gasteiger partial charge in [0.2, 0.25) is 10.0 Å². The van der Waals surface area contributed by atoms with Crippen molar-refractivity contribution >= 4 is 15.9 Å². The molecule has 0 fully saturated rings. The second-order valence-electron chi connectivity index (χ2n) is 9.22. The number of nitrogens with one attached hydrogen (secondary N) is 2. The predicted octanol–water partition coefficient (Wildman–Crippen LogP) is 3.52. The van der Waals surface area contributed by atoms with Gasteiger partial charge in [-0.2, -0.15) is 5.10 Å². The van der Waals surface area contributed by atoms with Crippen molar-refractivity contribution in [1.29, 1.82) is 0 Å². The monoisotopic (exact) mass is 434 g/mol. The minimum absolute atomic E-state index is 0.0694. The maximum atomic E-state index is 12.6. The zero-order valence-corrected chi connectivity index (χ0v) is 19.8. The van der Waals surface area contributed by atoms with Gasteiger partial charge in [-0.15, -0.1) is 0 Å². The van der Waals surface area contributed by atoms with Gasteiger partial charge >= 0.3 is 0 Å². The Labute approximate surface area is 180 Å². The number of rotatable bonds is 8. The highest BCUT2D eigenvalue weighted by molar-refractivity contribution is 7.88. The molecule has 0 aliphatic rings. The molecule has 0 spiro atoms. The molecule has 2 rings (SSSR count). The van der Waals surface area contributed by atoms with E-state index in [9.17, 15) is 13.2 Å². The molecule has 8 heteroatoms. The van der Waals surface area contributed by atoms with Crippen molar-refractivity contribution in [3.05, 3.63) is 52.8 Å². The van der Waals surface area contributed by atoms with Crippen molar-refractivity contribution in [3.63, 3.8) is 0 Å². The molecule has 2 N–H and O–H groups in total. The first-order valence-corrected chi connectivity index (χ1v) is 11.9. The SMILES string of the molecule is CC(C)NS(=O)(=O)Cc1ccc(CNC(=O)c2cc(C(C)C)n(C(C)(C)C)n2)cc1. The number of carbonyl (C=O) groups is 1. The molecule has 1 aromatic carbocycles. The molecule has 0 saturated carbocycles. The fraction of sp³-hybridized carbons (Fsp3) is 0.545. The lowest BCUT2D eigenvalue weighted by atomic mass is 10.1. The van der Waals surface area contributed by atoms with E-state index in [4.69, 9.17) is 0 Å². The number of amides is 1. The smallest absolute Gasteiger partial charge is 0.272 e. The molecule has 0 atom stereocenters. The van der Waals surface area contributed by atoms with Gasteiger partial charge < -0.3 is 5.32 Å². The number of hydrogen-bond acceptors (Lipinski definition) is 4. The third-order valence-electron chi connectivity index (χ3n) is 4.44. The van der Waals surface area contributed by atoms with Crippen molar-refractivity contribution < 1.29 is 13.2 Å². The number of carbonyl (C=O) groups excluding carboxylic acids is 1. The van der Waals surface area contributed by atoms with E-state index in [1.165, 1.54) is 0 Å². The van der Waals surface area contributed by atoms with Gasteiger partial charge in [0.15, 0.2) is 0 Å². The molecular weight excluding hydrogens is 400 g/mol. The summed E-state index contributed by atoms with van der Waals surface area (Å²) in [5, 5.41) is 7.42. The Hall–Kier alpha value is -2.19. The predicted molar refractivity (Wildman–Crippen MR) is 120 cm³/mol. The fourth-order valence-electron chi connectivity index (χ4n) is 3.10. The normalized spacial score (nSPS) is 12.6. The van der Waals surface area contributed by atoms with E-state index in [1.54, 1.807) is 26.0 Å². The van der Waals surface area contributed by atoms with Crippen LogP contribution in [0.5, 0.6) is 0 Å². The summed E-state index contributed by atoms with van der Waals surface area (Å²) < 4.78 is 28.6. The summed E-state index contributed by atoms with van der Waals surface area (Å²) in [5.41, 5.74) is 2.80. The number of hydrogen-bond donors (Lipinski definition) is 2. The number of sulfonamides is 1. The van der Waals surface area contributed by atoms with Gasteiger partial charge in [0.05, 0.1) is 11.3 Å². The molecule has 30 heavy (non-hydrogen) atoms. The van der Waals surface area contributed by atoms with Crippen molar-refractivity contribution in [2.24, 2.45) is 0 Å². The lowest BCUT2D eigenvalue weighted by Gasteiger charge is -2.23. The minimum atomic E-state index is -3.36. The van der Waals surface area contributed by atoms with Crippen LogP contribution in [-0.4, -0.2) is 30.1 Å². The van der Waals surface area contributed by atoms with Gasteiger partial charge in [0.25, 0.3) is 5.91 Å². The highest BCUT2D eigenvalue weighted by Gasteiger charge is 2.23. The van der Waals surface area contributed by atoms with E-state index < -0.39 is 10.0 Å². The summed E-state index contributed by atoms with van der Waals surface area (Å²) in [6.45, 7) is 14.3. The molecule has 0 unspecified atom stereocenters. The lowest BCUT2D eigenvalue weighted by molar-refractivity contribution is 0.0944. The molecule has 7 nitrogen and oxygen atoms in total. The Balaban J connectivity index is 2.03. The number of aromatic nitrogens is 2. The van der Waals surface area contributed by atoms with Crippen LogP contribution in [0.4, 0.5) is 0 Å². The van der Waals surface area contributed by atoms with E-state index in [2.05, 4.69) is 49.8 Å². The van der Waals surface area contributed by atoms with Gasteiger partial charge in [-0.1, -0.05) is 38.1 Å². The molecule has 1 heterocycles. The molecule has 1 aromatic heterocycles. The Morgan fingerprint density at radius 2 is 1.63 bits per heavy atom. The Kier molecular flexibility index (Phi) is 7.47. The van der Waals surface area contributed by atoms with Crippen LogP contribution in [0.25, 0.3) is 0 Å². The highest BCUT2D eigenvalue weighted by Crippen LogP contribution is 2.23. The summed E-state index contributed by atoms with van der Waals surface area (Å²) in [7, 11) is -3.36. The van der Waals surface area contributed by atoms with E-state index in [0.29, 0.717) is 17.8 Å². The summed E-state index contributed by atoms with van der Waals surface area (Å²) in [6.07, 6.45) is 0. The molecule has 0 aliphatic carbocycles. The summed E-state index contributed by atoms with van der Waals surface area (Å²) >= 11 is 0. The average molecular weight is 435 g/mol. The molecule has 0 aliphatic heterocycles. The summed E-state index contributed by atoms with van der Waals surface area (Å²) in [4.78, 5) is 12.6. The molecular formula is C22H34N4O3S. The van der Waals surface area contributed by atoms with Crippen molar-refractivity contribution in [3.8, 4) is 0 Å². The van der Waals surface area contributed by atoms with Gasteiger partial charge in [0.1, 0.15) is 5.69 Å². The minimum Gasteiger partial charge on any atom is -0.347 e. The number of benzene rings is 1. The molecule has 0 radical (unpaired) electrons. The third kappa shape index (κ3) is 6.67. The zero-order chi connectivity index (χ0) is 22.7. The van der Waals surface area contributed by atoms with E-state index >= 15 is 0 Å². The maximum absolute atomic E-state index is 12.6. The zero-order valence-electron chi connectivity index (χ0n) is 19.0. The summed E-state index contributed by atoms with van der Waals surface area (Å²) in [5.74, 6) is -0.0417. The van der Waals surface area contributed by atoms with Crippen molar-refractivity contribution in [2.45, 2.75) is 78.3 Å². The maximum Gasteiger partial charge on any atom is 0.272 e. The van der Waals surface area contributed by atoms with Crippen LogP contribution in [-0.2, 0) is 27.9 Å². The second kappa shape index (κ2) is 9.31. The Bertz CT molecular complexity index is 969. The van der Waals surface area contributed by atoms with Gasteiger partial charge in [-0.05, 0) is 57.7 Å². The van der Waals surface area contributed by atoms with E-state index in [0.717, 1.165) is 11.3 Å². The molecule has 2 aromatic rings. The Morgan fingerprint density at radius 3 is 2.10 bits per heavy atom. The van der Waals surface area contributed by atoms with Crippen molar-refractivity contribution in [2.75, 3.05) is 0 Å². The summed E-state index contributed by atoms with van der Waals surface area (Å²) in [6, 6.07) is 8.91.